The molecule has 7 nitrogen and oxygen atoms in total. The maximum absolute atomic E-state index is 13.0. The van der Waals surface area contributed by atoms with E-state index in [2.05, 4.69) is 15.7 Å². The molecule has 27 heavy (non-hydrogen) atoms. The molecule has 4 N–H and O–H groups in total. The molecule has 1 saturated heterocycles. The van der Waals surface area contributed by atoms with Crippen LogP contribution in [-0.2, 0) is 4.79 Å². The SMILES string of the molecule is Cl.NC(=O)c1ccn(-c2ccc(NC(=O)[C@@]34CCCC[C@H]3CNC4)cc2)n1. The molecule has 0 unspecified atom stereocenters. The first kappa shape index (κ1) is 19.4. The van der Waals surface area contributed by atoms with E-state index in [9.17, 15) is 9.59 Å². The number of halogens is 1. The highest BCUT2D eigenvalue weighted by molar-refractivity contribution is 5.96. The number of nitrogens with zero attached hydrogens (tertiary/aromatic N) is 2. The van der Waals surface area contributed by atoms with Gasteiger partial charge in [-0.05, 0) is 55.6 Å². The van der Waals surface area contributed by atoms with Crippen LogP contribution in [0.2, 0.25) is 0 Å². The molecule has 1 aliphatic carbocycles. The molecule has 2 fully saturated rings. The number of rotatable bonds is 4. The summed E-state index contributed by atoms with van der Waals surface area (Å²) in [5.74, 6) is 0.000899. The summed E-state index contributed by atoms with van der Waals surface area (Å²) in [6.07, 6.45) is 6.10. The van der Waals surface area contributed by atoms with E-state index in [1.165, 1.54) is 6.42 Å². The minimum absolute atomic E-state index is 0. The highest BCUT2D eigenvalue weighted by Gasteiger charge is 2.49. The van der Waals surface area contributed by atoms with Crippen LogP contribution in [0.15, 0.2) is 36.5 Å². The molecule has 1 aromatic heterocycles. The standard InChI is InChI=1S/C19H23N5O2.ClH/c20-17(25)16-8-10-24(23-16)15-6-4-14(5-7-15)22-18(26)19-9-2-1-3-13(19)11-21-12-19;/h4-8,10,13,21H,1-3,9,11-12H2,(H2,20,25)(H,22,26);1H/t13-,19+;/m0./s1. The van der Waals surface area contributed by atoms with Crippen molar-refractivity contribution in [3.63, 3.8) is 0 Å². The van der Waals surface area contributed by atoms with Crippen molar-refractivity contribution >= 4 is 29.9 Å². The van der Waals surface area contributed by atoms with Crippen LogP contribution in [-0.4, -0.2) is 34.7 Å². The molecule has 0 spiro atoms. The van der Waals surface area contributed by atoms with E-state index in [1.807, 2.05) is 24.3 Å². The van der Waals surface area contributed by atoms with Gasteiger partial charge in [-0.15, -0.1) is 12.4 Å². The summed E-state index contributed by atoms with van der Waals surface area (Å²) in [7, 11) is 0. The molecule has 2 heterocycles. The number of nitrogens with one attached hydrogen (secondary N) is 2. The molecule has 8 heteroatoms. The van der Waals surface area contributed by atoms with E-state index in [1.54, 1.807) is 16.9 Å². The molecule has 1 aliphatic heterocycles. The van der Waals surface area contributed by atoms with Crippen LogP contribution in [0.5, 0.6) is 0 Å². The first-order valence-corrected chi connectivity index (χ1v) is 9.07. The number of anilines is 1. The number of benzene rings is 1. The van der Waals surface area contributed by atoms with Gasteiger partial charge in [-0.3, -0.25) is 9.59 Å². The number of fused-ring (bicyclic) bond motifs is 1. The van der Waals surface area contributed by atoms with E-state index in [0.29, 0.717) is 5.92 Å². The normalized spacial score (nSPS) is 23.9. The smallest absolute Gasteiger partial charge is 0.269 e. The zero-order valence-electron chi connectivity index (χ0n) is 15.0. The summed E-state index contributed by atoms with van der Waals surface area (Å²) in [5, 5.41) is 10.6. The zero-order chi connectivity index (χ0) is 18.1. The first-order valence-electron chi connectivity index (χ1n) is 9.07. The Bertz CT molecular complexity index is 835. The van der Waals surface area contributed by atoms with Crippen LogP contribution in [0.1, 0.15) is 36.2 Å². The molecule has 0 radical (unpaired) electrons. The zero-order valence-corrected chi connectivity index (χ0v) is 15.8. The number of primary amides is 1. The second-order valence-electron chi connectivity index (χ2n) is 7.24. The first-order chi connectivity index (χ1) is 12.6. The highest BCUT2D eigenvalue weighted by Crippen LogP contribution is 2.44. The van der Waals surface area contributed by atoms with Gasteiger partial charge in [0.25, 0.3) is 5.91 Å². The van der Waals surface area contributed by atoms with Crippen LogP contribution in [0, 0.1) is 11.3 Å². The highest BCUT2D eigenvalue weighted by atomic mass is 35.5. The molecule has 2 amide bonds. The average molecular weight is 390 g/mol. The Morgan fingerprint density at radius 2 is 2.00 bits per heavy atom. The van der Waals surface area contributed by atoms with Crippen LogP contribution in [0.4, 0.5) is 5.69 Å². The Labute approximate surface area is 164 Å². The van der Waals surface area contributed by atoms with Gasteiger partial charge in [-0.2, -0.15) is 5.10 Å². The molecule has 144 valence electrons. The number of carbonyl (C=O) groups excluding carboxylic acids is 2. The average Bonchev–Trinajstić information content (AvgIpc) is 3.30. The van der Waals surface area contributed by atoms with Crippen molar-refractivity contribution in [2.75, 3.05) is 18.4 Å². The minimum Gasteiger partial charge on any atom is -0.364 e. The molecule has 1 saturated carbocycles. The predicted octanol–water partition coefficient (Wildman–Crippen LogP) is 2.11. The van der Waals surface area contributed by atoms with E-state index in [4.69, 9.17) is 5.73 Å². The Hall–Kier alpha value is -2.38. The summed E-state index contributed by atoms with van der Waals surface area (Å²) in [5.41, 5.74) is 6.75. The van der Waals surface area contributed by atoms with Crippen molar-refractivity contribution in [1.29, 1.82) is 0 Å². The fourth-order valence-corrected chi connectivity index (χ4v) is 4.24. The summed E-state index contributed by atoms with van der Waals surface area (Å²) in [6.45, 7) is 1.71. The largest absolute Gasteiger partial charge is 0.364 e. The van der Waals surface area contributed by atoms with Crippen molar-refractivity contribution in [3.8, 4) is 5.69 Å². The van der Waals surface area contributed by atoms with E-state index >= 15 is 0 Å². The number of aromatic nitrogens is 2. The number of carbonyl (C=O) groups is 2. The molecule has 4 rings (SSSR count). The van der Waals surface area contributed by atoms with Crippen LogP contribution in [0.25, 0.3) is 5.69 Å². The third-order valence-electron chi connectivity index (χ3n) is 5.72. The lowest BCUT2D eigenvalue weighted by Gasteiger charge is -2.37. The Balaban J connectivity index is 0.00000210. The third kappa shape index (κ3) is 3.57. The topological polar surface area (TPSA) is 102 Å². The van der Waals surface area contributed by atoms with Crippen molar-refractivity contribution in [2.24, 2.45) is 17.1 Å². The van der Waals surface area contributed by atoms with Crippen molar-refractivity contribution < 1.29 is 9.59 Å². The lowest BCUT2D eigenvalue weighted by atomic mass is 9.67. The van der Waals surface area contributed by atoms with Crippen molar-refractivity contribution in [2.45, 2.75) is 25.7 Å². The van der Waals surface area contributed by atoms with Gasteiger partial charge in [0, 0.05) is 18.4 Å². The number of nitrogens with two attached hydrogens (primary N) is 1. The van der Waals surface area contributed by atoms with Gasteiger partial charge in [0.2, 0.25) is 5.91 Å². The molecule has 2 aliphatic rings. The fourth-order valence-electron chi connectivity index (χ4n) is 4.24. The predicted molar refractivity (Wildman–Crippen MR) is 105 cm³/mol. The summed E-state index contributed by atoms with van der Waals surface area (Å²) >= 11 is 0. The molecule has 1 aromatic carbocycles. The van der Waals surface area contributed by atoms with Gasteiger partial charge in [0.1, 0.15) is 5.69 Å². The quantitative estimate of drug-likeness (QED) is 0.745. The Morgan fingerprint density at radius 3 is 2.70 bits per heavy atom. The monoisotopic (exact) mass is 389 g/mol. The van der Waals surface area contributed by atoms with Crippen molar-refractivity contribution in [1.82, 2.24) is 15.1 Å². The van der Waals surface area contributed by atoms with Crippen LogP contribution in [0.3, 0.4) is 0 Å². The minimum atomic E-state index is -0.556. The van der Waals surface area contributed by atoms with Gasteiger partial charge >= 0.3 is 0 Å². The van der Waals surface area contributed by atoms with Crippen LogP contribution < -0.4 is 16.4 Å². The Kier molecular flexibility index (Phi) is 5.53. The molecule has 0 bridgehead atoms. The molecular weight excluding hydrogens is 366 g/mol. The van der Waals surface area contributed by atoms with Gasteiger partial charge in [0.15, 0.2) is 0 Å². The number of hydrogen-bond acceptors (Lipinski definition) is 4. The number of hydrogen-bond donors (Lipinski definition) is 3. The van der Waals surface area contributed by atoms with Gasteiger partial charge < -0.3 is 16.4 Å². The van der Waals surface area contributed by atoms with E-state index < -0.39 is 5.91 Å². The summed E-state index contributed by atoms with van der Waals surface area (Å²) < 4.78 is 1.59. The maximum atomic E-state index is 13.0. The van der Waals surface area contributed by atoms with E-state index in [-0.39, 0.29) is 29.4 Å². The van der Waals surface area contributed by atoms with E-state index in [0.717, 1.165) is 43.7 Å². The maximum Gasteiger partial charge on any atom is 0.269 e. The lowest BCUT2D eigenvalue weighted by molar-refractivity contribution is -0.128. The molecular formula is C19H24ClN5O2. The molecule has 2 atom stereocenters. The fraction of sp³-hybridized carbons (Fsp3) is 0.421. The third-order valence-corrected chi connectivity index (χ3v) is 5.72. The van der Waals surface area contributed by atoms with Gasteiger partial charge in [0.05, 0.1) is 11.1 Å². The molecule has 2 aromatic rings. The lowest BCUT2D eigenvalue weighted by Crippen LogP contribution is -2.44. The van der Waals surface area contributed by atoms with Crippen LogP contribution >= 0.6 is 12.4 Å². The summed E-state index contributed by atoms with van der Waals surface area (Å²) in [4.78, 5) is 24.1. The summed E-state index contributed by atoms with van der Waals surface area (Å²) in [6, 6.07) is 9.01. The van der Waals surface area contributed by atoms with Gasteiger partial charge in [-0.25, -0.2) is 4.68 Å². The second-order valence-corrected chi connectivity index (χ2v) is 7.24. The van der Waals surface area contributed by atoms with Gasteiger partial charge in [-0.1, -0.05) is 12.8 Å². The Morgan fingerprint density at radius 1 is 1.22 bits per heavy atom. The second kappa shape index (κ2) is 7.70. The number of amides is 2. The van der Waals surface area contributed by atoms with Crippen molar-refractivity contribution in [3.05, 3.63) is 42.2 Å².